The maximum atomic E-state index is 13.4. The Morgan fingerprint density at radius 3 is 2.02 bits per heavy atom. The predicted octanol–water partition coefficient (Wildman–Crippen LogP) is 6.39. The van der Waals surface area contributed by atoms with Gasteiger partial charge in [0.2, 0.25) is 0 Å². The van der Waals surface area contributed by atoms with Crippen molar-refractivity contribution in [1.82, 2.24) is 0 Å². The van der Waals surface area contributed by atoms with Crippen molar-refractivity contribution in [2.45, 2.75) is 50.0 Å². The van der Waals surface area contributed by atoms with E-state index in [1.807, 2.05) is 72.8 Å². The highest BCUT2D eigenvalue weighted by Gasteiger charge is 2.51. The Hall–Kier alpha value is -3.50. The van der Waals surface area contributed by atoms with E-state index in [0.717, 1.165) is 21.5 Å². The van der Waals surface area contributed by atoms with Gasteiger partial charge in [-0.15, -0.1) is 0 Å². The van der Waals surface area contributed by atoms with Crippen LogP contribution in [0.15, 0.2) is 120 Å². The van der Waals surface area contributed by atoms with Crippen molar-refractivity contribution in [1.29, 1.82) is 0 Å². The number of sulfone groups is 1. The van der Waals surface area contributed by atoms with Crippen molar-refractivity contribution < 1.29 is 28.2 Å². The van der Waals surface area contributed by atoms with E-state index in [2.05, 4.69) is 45.0 Å². The molecule has 4 aromatic carbocycles. The van der Waals surface area contributed by atoms with E-state index >= 15 is 0 Å². The van der Waals surface area contributed by atoms with Crippen molar-refractivity contribution in [3.63, 3.8) is 0 Å². The molecule has 3 N–H and O–H groups in total. The van der Waals surface area contributed by atoms with Crippen LogP contribution in [0, 0.1) is 0 Å². The molecule has 9 heteroatoms. The first-order valence-corrected chi connectivity index (χ1v) is 20.1. The van der Waals surface area contributed by atoms with Crippen LogP contribution in [0.1, 0.15) is 44.7 Å². The lowest BCUT2D eigenvalue weighted by atomic mass is 9.92. The van der Waals surface area contributed by atoms with Crippen LogP contribution in [0.2, 0.25) is 10.1 Å². The van der Waals surface area contributed by atoms with Crippen LogP contribution < -0.4 is 10.4 Å². The molecule has 6 nitrogen and oxygen atoms in total. The van der Waals surface area contributed by atoms with Crippen LogP contribution in [-0.2, 0) is 14.3 Å². The minimum Gasteiger partial charge on any atom is -0.508 e. The molecule has 0 radical (unpaired) electrons. The first-order valence-electron chi connectivity index (χ1n) is 16.1. The van der Waals surface area contributed by atoms with Crippen molar-refractivity contribution in [2.24, 2.45) is 0 Å². The van der Waals surface area contributed by atoms with Gasteiger partial charge in [-0.05, 0) is 80.4 Å². The van der Waals surface area contributed by atoms with Gasteiger partial charge in [0.15, 0.2) is 9.84 Å². The third kappa shape index (κ3) is 7.54. The summed E-state index contributed by atoms with van der Waals surface area (Å²) in [5.74, 6) is -0.223. The second kappa shape index (κ2) is 14.9. The largest absolute Gasteiger partial charge is 0.508 e. The van der Waals surface area contributed by atoms with Gasteiger partial charge in [-0.1, -0.05) is 123 Å². The minimum absolute atomic E-state index is 0.0138. The lowest BCUT2D eigenvalue weighted by molar-refractivity contribution is 0.188. The van der Waals surface area contributed by atoms with Gasteiger partial charge >= 0.3 is 0 Å². The molecule has 0 aliphatic carbocycles. The first kappa shape index (κ1) is 35.8. The summed E-state index contributed by atoms with van der Waals surface area (Å²) in [4.78, 5) is 0. The number of aromatic hydroxyl groups is 1. The maximum Gasteiger partial charge on any atom is 0.261 e. The quantitative estimate of drug-likeness (QED) is 0.0899. The Labute approximate surface area is 290 Å². The molecule has 48 heavy (non-hydrogen) atoms. The number of phenolic OH excluding ortho intramolecular Hbond substituents is 1. The molecule has 1 heterocycles. The number of phenols is 1. The van der Waals surface area contributed by atoms with E-state index in [-0.39, 0.29) is 29.6 Å². The zero-order chi connectivity index (χ0) is 34.5. The van der Waals surface area contributed by atoms with Crippen LogP contribution in [0.25, 0.3) is 11.6 Å². The summed E-state index contributed by atoms with van der Waals surface area (Å²) in [6.45, 7) is 5.86. The van der Waals surface area contributed by atoms with Gasteiger partial charge in [-0.3, -0.25) is 0 Å². The zero-order valence-electron chi connectivity index (χ0n) is 27.5. The average Bonchev–Trinajstić information content (AvgIpc) is 3.33. The van der Waals surface area contributed by atoms with Gasteiger partial charge in [0.05, 0.1) is 30.1 Å². The number of aliphatic hydroxyl groups is 2. The Kier molecular flexibility index (Phi) is 11.1. The van der Waals surface area contributed by atoms with Gasteiger partial charge in [-0.25, -0.2) is 8.42 Å². The molecule has 0 amide bonds. The molecule has 2 atom stereocenters. The predicted molar refractivity (Wildman–Crippen MR) is 198 cm³/mol. The molecule has 0 bridgehead atoms. The van der Waals surface area contributed by atoms with Gasteiger partial charge in [0.1, 0.15) is 11.0 Å². The van der Waals surface area contributed by atoms with Crippen LogP contribution in [0.3, 0.4) is 0 Å². The summed E-state index contributed by atoms with van der Waals surface area (Å²) >= 11 is 6.44. The Bertz CT molecular complexity index is 1830. The number of allylic oxidation sites excluding steroid dienone is 1. The third-order valence-corrected chi connectivity index (χ3v) is 16.4. The van der Waals surface area contributed by atoms with Crippen LogP contribution >= 0.6 is 11.6 Å². The summed E-state index contributed by atoms with van der Waals surface area (Å²) in [5, 5.41) is 33.0. The summed E-state index contributed by atoms with van der Waals surface area (Å²) in [6.07, 6.45) is 1.38. The van der Waals surface area contributed by atoms with E-state index in [1.165, 1.54) is 6.07 Å². The molecule has 252 valence electrons. The van der Waals surface area contributed by atoms with Gasteiger partial charge in [0, 0.05) is 0 Å². The fourth-order valence-electron chi connectivity index (χ4n) is 6.81. The molecule has 0 saturated heterocycles. The van der Waals surface area contributed by atoms with Crippen LogP contribution in [0.4, 0.5) is 0 Å². The monoisotopic (exact) mass is 702 g/mol. The highest BCUT2D eigenvalue weighted by atomic mass is 35.5. The second-order valence-corrected chi connectivity index (χ2v) is 20.2. The fraction of sp³-hybridized carbons (Fsp3) is 0.282. The summed E-state index contributed by atoms with van der Waals surface area (Å²) in [5.41, 5.74) is 3.34. The number of hydrogen-bond acceptors (Lipinski definition) is 6. The molecular weight excluding hydrogens is 660 g/mol. The molecule has 0 unspecified atom stereocenters. The Morgan fingerprint density at radius 2 is 1.50 bits per heavy atom. The lowest BCUT2D eigenvalue weighted by Gasteiger charge is -2.43. The van der Waals surface area contributed by atoms with E-state index in [4.69, 9.17) is 16.0 Å². The Morgan fingerprint density at radius 1 is 0.938 bits per heavy atom. The third-order valence-electron chi connectivity index (χ3n) is 9.11. The van der Waals surface area contributed by atoms with E-state index in [0.29, 0.717) is 28.2 Å². The number of halogens is 1. The normalized spacial score (nSPS) is 17.5. The molecule has 0 saturated carbocycles. The molecule has 4 aromatic rings. The summed E-state index contributed by atoms with van der Waals surface area (Å²) in [6, 6.07) is 34.7. The highest BCUT2D eigenvalue weighted by Crippen LogP contribution is 2.39. The van der Waals surface area contributed by atoms with Gasteiger partial charge < -0.3 is 19.7 Å². The number of rotatable bonds is 12. The van der Waals surface area contributed by atoms with Crippen molar-refractivity contribution >= 4 is 51.8 Å². The van der Waals surface area contributed by atoms with Gasteiger partial charge in [-0.2, -0.15) is 0 Å². The Balaban J connectivity index is 1.52. The second-order valence-electron chi connectivity index (χ2n) is 13.3. The van der Waals surface area contributed by atoms with Crippen LogP contribution in [0.5, 0.6) is 5.75 Å². The fourth-order valence-corrected chi connectivity index (χ4v) is 13.5. The molecule has 1 aliphatic heterocycles. The molecule has 1 aliphatic rings. The molecule has 5 rings (SSSR count). The van der Waals surface area contributed by atoms with E-state index < -0.39 is 36.1 Å². The maximum absolute atomic E-state index is 13.4. The summed E-state index contributed by atoms with van der Waals surface area (Å²) in [7, 11) is -6.77. The topological polar surface area (TPSA) is 104 Å². The zero-order valence-corrected chi connectivity index (χ0v) is 30.1. The highest BCUT2D eigenvalue weighted by molar-refractivity contribution is 7.92. The first-order chi connectivity index (χ1) is 22.9. The standard InChI is InChI=1S/C39H43ClO6SSi/c1-39(2,3)48(33-15-9-5-10-16-33,34-17-11-6-12-18-34)46-26-31-27-47(44,45)37(25-41)38(31)36(43)22-20-29(28-13-7-4-8-14-28)23-30-19-21-32(42)24-35(30)40/h4-19,21,23-24,36-37,41-43H,20,22,25-27H2,1-3H3/b29-23-/t36-,37+/m1/s1. The van der Waals surface area contributed by atoms with Crippen molar-refractivity contribution in [2.75, 3.05) is 19.0 Å². The van der Waals surface area contributed by atoms with E-state index in [1.54, 1.807) is 12.1 Å². The average molecular weight is 703 g/mol. The minimum atomic E-state index is -3.77. The summed E-state index contributed by atoms with van der Waals surface area (Å²) < 4.78 is 34.0. The van der Waals surface area contributed by atoms with Crippen LogP contribution in [-0.4, -0.2) is 62.4 Å². The number of hydrogen-bond donors (Lipinski definition) is 3. The lowest BCUT2D eigenvalue weighted by Crippen LogP contribution is -2.66. The molecule has 0 aromatic heterocycles. The molecular formula is C39H43ClO6SSi. The smallest absolute Gasteiger partial charge is 0.261 e. The van der Waals surface area contributed by atoms with Gasteiger partial charge in [0.25, 0.3) is 8.32 Å². The van der Waals surface area contributed by atoms with Crippen molar-refractivity contribution in [3.8, 4) is 5.75 Å². The number of benzene rings is 4. The SMILES string of the molecule is CC(C)(C)[Si](OCC1=C([C@H](O)CC/C(=C/c2ccc(O)cc2Cl)c2ccccc2)[C@H](CO)S(=O)(=O)C1)(c1ccccc1)c1ccccc1. The van der Waals surface area contributed by atoms with Crippen molar-refractivity contribution in [3.05, 3.63) is 136 Å². The van der Waals surface area contributed by atoms with E-state index in [9.17, 15) is 23.7 Å². The molecule has 0 fully saturated rings. The number of aliphatic hydroxyl groups excluding tert-OH is 2. The molecule has 0 spiro atoms.